The maximum absolute atomic E-state index is 5.96. The van der Waals surface area contributed by atoms with Gasteiger partial charge in [0.25, 0.3) is 0 Å². The Labute approximate surface area is 178 Å². The summed E-state index contributed by atoms with van der Waals surface area (Å²) < 4.78 is 15.8. The predicted molar refractivity (Wildman–Crippen MR) is 115 cm³/mol. The average Bonchev–Trinajstić information content (AvgIpc) is 2.60. The van der Waals surface area contributed by atoms with Gasteiger partial charge in [0.15, 0.2) is 17.5 Å². The van der Waals surface area contributed by atoms with Crippen LogP contribution in [0, 0.1) is 0 Å². The van der Waals surface area contributed by atoms with Crippen molar-refractivity contribution in [3.8, 4) is 17.4 Å². The number of anilines is 1. The van der Waals surface area contributed by atoms with Gasteiger partial charge in [-0.25, -0.2) is 9.98 Å². The first-order chi connectivity index (χ1) is 12.0. The first-order valence-corrected chi connectivity index (χ1v) is 8.02. The minimum Gasteiger partial charge on any atom is -0.493 e. The third-order valence-electron chi connectivity index (χ3n) is 3.04. The second-order valence-corrected chi connectivity index (χ2v) is 5.59. The van der Waals surface area contributed by atoms with Crippen molar-refractivity contribution in [3.63, 3.8) is 0 Å². The number of methoxy groups -OCH3 is 2. The highest BCUT2D eigenvalue weighted by atomic mass is 127. The summed E-state index contributed by atoms with van der Waals surface area (Å²) in [5, 5.41) is 3.75. The number of ether oxygens (including phenoxy) is 3. The molecule has 10 heteroatoms. The molecule has 0 radical (unpaired) electrons. The van der Waals surface area contributed by atoms with Crippen LogP contribution in [0.1, 0.15) is 0 Å². The summed E-state index contributed by atoms with van der Waals surface area (Å²) in [6.45, 7) is 0.593. The zero-order valence-corrected chi connectivity index (χ0v) is 18.0. The normalized spacial score (nSPS) is 10.7. The Morgan fingerprint density at radius 2 is 1.92 bits per heavy atom. The third kappa shape index (κ3) is 6.58. The number of guanidine groups is 1. The Hall–Kier alpha value is -1.65. The maximum atomic E-state index is 5.96. The largest absolute Gasteiger partial charge is 0.493 e. The smallest absolute Gasteiger partial charge is 0.232 e. The number of aromatic nitrogens is 1. The molecule has 142 valence electrons. The van der Waals surface area contributed by atoms with Gasteiger partial charge in [0, 0.05) is 18.0 Å². The molecule has 0 amide bonds. The molecule has 0 aliphatic carbocycles. The molecular weight excluding hydrogens is 494 g/mol. The monoisotopic (exact) mass is 512 g/mol. The van der Waals surface area contributed by atoms with E-state index in [0.717, 1.165) is 5.69 Å². The van der Waals surface area contributed by atoms with Crippen LogP contribution in [0.15, 0.2) is 35.5 Å². The highest BCUT2D eigenvalue weighted by molar-refractivity contribution is 14.0. The van der Waals surface area contributed by atoms with E-state index in [2.05, 4.69) is 15.3 Å². The fraction of sp³-hybridized carbons (Fsp3) is 0.250. The Kier molecular flexibility index (Phi) is 9.60. The maximum Gasteiger partial charge on any atom is 0.232 e. The quantitative estimate of drug-likeness (QED) is 0.253. The van der Waals surface area contributed by atoms with E-state index in [-0.39, 0.29) is 36.5 Å². The van der Waals surface area contributed by atoms with Gasteiger partial charge in [0.1, 0.15) is 11.6 Å². The molecule has 0 unspecified atom stereocenters. The molecule has 7 nitrogen and oxygen atoms in total. The van der Waals surface area contributed by atoms with Crippen molar-refractivity contribution in [1.82, 2.24) is 4.98 Å². The van der Waals surface area contributed by atoms with Crippen molar-refractivity contribution in [2.24, 2.45) is 10.7 Å². The summed E-state index contributed by atoms with van der Waals surface area (Å²) in [6.07, 6.45) is 1.46. The zero-order chi connectivity index (χ0) is 18.2. The average molecular weight is 513 g/mol. The van der Waals surface area contributed by atoms with Crippen molar-refractivity contribution in [2.45, 2.75) is 0 Å². The number of nitrogens with zero attached hydrogens (tertiary/aromatic N) is 2. The fourth-order valence-electron chi connectivity index (χ4n) is 1.92. The van der Waals surface area contributed by atoms with E-state index >= 15 is 0 Å². The van der Waals surface area contributed by atoms with Crippen LogP contribution >= 0.6 is 47.2 Å². The van der Waals surface area contributed by atoms with Gasteiger partial charge in [-0.1, -0.05) is 23.2 Å². The minimum absolute atomic E-state index is 0. The van der Waals surface area contributed by atoms with Crippen molar-refractivity contribution >= 4 is 58.8 Å². The molecule has 0 atom stereocenters. The second-order valence-electron chi connectivity index (χ2n) is 4.75. The molecule has 26 heavy (non-hydrogen) atoms. The van der Waals surface area contributed by atoms with E-state index in [9.17, 15) is 0 Å². The van der Waals surface area contributed by atoms with Crippen molar-refractivity contribution < 1.29 is 14.2 Å². The van der Waals surface area contributed by atoms with Gasteiger partial charge in [0.2, 0.25) is 5.88 Å². The number of benzene rings is 1. The number of pyridine rings is 1. The van der Waals surface area contributed by atoms with Crippen molar-refractivity contribution in [2.75, 3.05) is 32.7 Å². The Morgan fingerprint density at radius 1 is 1.19 bits per heavy atom. The van der Waals surface area contributed by atoms with Crippen LogP contribution in [-0.4, -0.2) is 38.3 Å². The summed E-state index contributed by atoms with van der Waals surface area (Å²) in [4.78, 5) is 8.16. The van der Waals surface area contributed by atoms with Crippen LogP contribution in [0.5, 0.6) is 17.4 Å². The van der Waals surface area contributed by atoms with Gasteiger partial charge >= 0.3 is 0 Å². The number of nitrogens with two attached hydrogens (primary N) is 1. The molecule has 1 heterocycles. The Balaban J connectivity index is 0.00000338. The van der Waals surface area contributed by atoms with E-state index in [1.807, 2.05) is 0 Å². The molecule has 2 aromatic rings. The molecule has 0 saturated carbocycles. The molecule has 0 fully saturated rings. The molecule has 1 aromatic carbocycles. The molecule has 0 aliphatic rings. The van der Waals surface area contributed by atoms with Gasteiger partial charge in [0.05, 0.1) is 25.8 Å². The highest BCUT2D eigenvalue weighted by Crippen LogP contribution is 2.29. The summed E-state index contributed by atoms with van der Waals surface area (Å²) in [5.41, 5.74) is 6.57. The number of hydrogen-bond acceptors (Lipinski definition) is 5. The van der Waals surface area contributed by atoms with Crippen LogP contribution in [-0.2, 0) is 0 Å². The molecular formula is C16H19Cl2IN4O3. The fourth-order valence-corrected chi connectivity index (χ4v) is 2.35. The van der Waals surface area contributed by atoms with Gasteiger partial charge in [-0.2, -0.15) is 0 Å². The lowest BCUT2D eigenvalue weighted by Gasteiger charge is -2.11. The number of nitrogens with one attached hydrogen (secondary N) is 1. The molecule has 1 aromatic heterocycles. The lowest BCUT2D eigenvalue weighted by Crippen LogP contribution is -2.23. The van der Waals surface area contributed by atoms with Gasteiger partial charge in [-0.3, -0.25) is 0 Å². The molecule has 0 spiro atoms. The minimum atomic E-state index is 0. The summed E-state index contributed by atoms with van der Waals surface area (Å²) in [6, 6.07) is 6.89. The molecule has 2 rings (SSSR count). The molecule has 3 N–H and O–H groups in total. The lowest BCUT2D eigenvalue weighted by atomic mass is 10.3. The number of rotatable bonds is 7. The van der Waals surface area contributed by atoms with Crippen molar-refractivity contribution in [1.29, 1.82) is 0 Å². The van der Waals surface area contributed by atoms with Crippen LogP contribution in [0.3, 0.4) is 0 Å². The van der Waals surface area contributed by atoms with Crippen LogP contribution in [0.4, 0.5) is 5.69 Å². The molecule has 0 saturated heterocycles. The predicted octanol–water partition coefficient (Wildman–Crippen LogP) is 3.83. The van der Waals surface area contributed by atoms with Gasteiger partial charge in [-0.05, 0) is 18.2 Å². The van der Waals surface area contributed by atoms with Crippen LogP contribution in [0.25, 0.3) is 0 Å². The van der Waals surface area contributed by atoms with E-state index in [4.69, 9.17) is 43.1 Å². The van der Waals surface area contributed by atoms with E-state index in [1.165, 1.54) is 6.20 Å². The van der Waals surface area contributed by atoms with Gasteiger partial charge in [-0.15, -0.1) is 24.0 Å². The number of halogens is 3. The topological polar surface area (TPSA) is 91.0 Å². The second kappa shape index (κ2) is 11.1. The number of hydrogen-bond donors (Lipinski definition) is 2. The van der Waals surface area contributed by atoms with E-state index in [0.29, 0.717) is 34.0 Å². The van der Waals surface area contributed by atoms with Crippen LogP contribution < -0.4 is 25.3 Å². The van der Waals surface area contributed by atoms with Crippen LogP contribution in [0.2, 0.25) is 10.0 Å². The zero-order valence-electron chi connectivity index (χ0n) is 14.2. The Bertz CT molecular complexity index is 762. The first kappa shape index (κ1) is 22.4. The molecule has 0 bridgehead atoms. The van der Waals surface area contributed by atoms with E-state index < -0.39 is 0 Å². The van der Waals surface area contributed by atoms with Gasteiger partial charge < -0.3 is 25.3 Å². The number of aliphatic imine (C=N–C) groups is 1. The summed E-state index contributed by atoms with van der Waals surface area (Å²) in [5.74, 6) is 1.76. The SMILES string of the molecule is COc1ccc(NC(N)=NCCOc2ncc(Cl)cc2Cl)cc1OC.I. The highest BCUT2D eigenvalue weighted by Gasteiger charge is 2.06. The first-order valence-electron chi connectivity index (χ1n) is 7.26. The van der Waals surface area contributed by atoms with E-state index in [1.54, 1.807) is 38.5 Å². The molecule has 0 aliphatic heterocycles. The standard InChI is InChI=1S/C16H18Cl2N4O3.HI/c1-23-13-4-3-11(8-14(13)24-2)22-16(19)20-5-6-25-15-12(18)7-10(17)9-21-15;/h3-4,7-9H,5-6H2,1-2H3,(H3,19,20,22);1H. The summed E-state index contributed by atoms with van der Waals surface area (Å²) >= 11 is 11.7. The Morgan fingerprint density at radius 3 is 2.58 bits per heavy atom. The lowest BCUT2D eigenvalue weighted by molar-refractivity contribution is 0.316. The van der Waals surface area contributed by atoms with Crippen molar-refractivity contribution in [3.05, 3.63) is 40.5 Å². The summed E-state index contributed by atoms with van der Waals surface area (Å²) in [7, 11) is 3.13. The third-order valence-corrected chi connectivity index (χ3v) is 3.52.